The van der Waals surface area contributed by atoms with Crippen LogP contribution in [-0.2, 0) is 10.5 Å². The van der Waals surface area contributed by atoms with E-state index in [-0.39, 0.29) is 12.4 Å². The number of thioether (sulfide) groups is 1. The fourth-order valence-electron chi connectivity index (χ4n) is 1.77. The first-order valence-electron chi connectivity index (χ1n) is 5.64. The van der Waals surface area contributed by atoms with Crippen LogP contribution in [0.4, 0.5) is 0 Å². The summed E-state index contributed by atoms with van der Waals surface area (Å²) in [7, 11) is 0. The van der Waals surface area contributed by atoms with Crippen molar-refractivity contribution >= 4 is 11.8 Å². The fraction of sp³-hybridized carbons (Fsp3) is 0.500. The van der Waals surface area contributed by atoms with E-state index < -0.39 is 23.7 Å². The molecular weight excluding hydrogens is 256 g/mol. The van der Waals surface area contributed by atoms with Gasteiger partial charge in [0, 0.05) is 5.75 Å². The highest BCUT2D eigenvalue weighted by Gasteiger charge is 2.42. The number of aliphatic hydroxyl groups is 3. The second kappa shape index (κ2) is 5.90. The zero-order chi connectivity index (χ0) is 13.1. The number of phenolic OH excluding ortho intramolecular Hbond substituents is 1. The lowest BCUT2D eigenvalue weighted by molar-refractivity contribution is -0.00809. The quantitative estimate of drug-likeness (QED) is 0.620. The van der Waals surface area contributed by atoms with E-state index in [0.29, 0.717) is 5.75 Å². The molecule has 0 amide bonds. The highest BCUT2D eigenvalue weighted by Crippen LogP contribution is 2.31. The lowest BCUT2D eigenvalue weighted by Gasteiger charge is -2.13. The number of rotatable bonds is 4. The zero-order valence-electron chi connectivity index (χ0n) is 9.64. The Kier molecular flexibility index (Phi) is 4.47. The van der Waals surface area contributed by atoms with Gasteiger partial charge in [-0.3, -0.25) is 0 Å². The molecule has 18 heavy (non-hydrogen) atoms. The molecule has 0 bridgehead atoms. The molecule has 2 rings (SSSR count). The Hall–Kier alpha value is -0.790. The first-order chi connectivity index (χ1) is 8.61. The summed E-state index contributed by atoms with van der Waals surface area (Å²) in [4.78, 5) is 0. The molecule has 1 aliphatic heterocycles. The largest absolute Gasteiger partial charge is 0.508 e. The van der Waals surface area contributed by atoms with E-state index in [1.165, 1.54) is 11.8 Å². The summed E-state index contributed by atoms with van der Waals surface area (Å²) in [5.74, 6) is 0.795. The SMILES string of the molecule is OC[C@H]1O[C@H](SCc2ccc(O)cc2)[C@@H](O)[C@@H]1O. The normalized spacial score (nSPS) is 31.7. The predicted octanol–water partition coefficient (Wildman–Crippen LogP) is 0.0644. The Morgan fingerprint density at radius 1 is 1.11 bits per heavy atom. The second-order valence-electron chi connectivity index (χ2n) is 4.18. The van der Waals surface area contributed by atoms with E-state index in [9.17, 15) is 10.2 Å². The number of phenols is 1. The molecule has 4 atom stereocenters. The molecule has 0 aromatic heterocycles. The molecule has 4 N–H and O–H groups in total. The number of ether oxygens (including phenoxy) is 1. The number of hydrogen-bond donors (Lipinski definition) is 4. The number of aromatic hydroxyl groups is 1. The van der Waals surface area contributed by atoms with Gasteiger partial charge in [0.1, 0.15) is 29.5 Å². The molecule has 1 aliphatic rings. The maximum Gasteiger partial charge on any atom is 0.132 e. The van der Waals surface area contributed by atoms with Gasteiger partial charge in [0.05, 0.1) is 6.61 Å². The Labute approximate surface area is 109 Å². The van der Waals surface area contributed by atoms with E-state index in [1.807, 2.05) is 0 Å². The Bertz CT molecular complexity index is 383. The Morgan fingerprint density at radius 3 is 2.33 bits per heavy atom. The molecule has 0 radical (unpaired) electrons. The van der Waals surface area contributed by atoms with Gasteiger partial charge < -0.3 is 25.2 Å². The van der Waals surface area contributed by atoms with Crippen LogP contribution in [0.1, 0.15) is 5.56 Å². The van der Waals surface area contributed by atoms with Crippen molar-refractivity contribution in [3.05, 3.63) is 29.8 Å². The van der Waals surface area contributed by atoms with Crippen LogP contribution in [0.2, 0.25) is 0 Å². The summed E-state index contributed by atoms with van der Waals surface area (Å²) in [5, 5.41) is 37.4. The van der Waals surface area contributed by atoms with Crippen LogP contribution in [0.15, 0.2) is 24.3 Å². The molecule has 0 unspecified atom stereocenters. The molecule has 1 fully saturated rings. The third-order valence-electron chi connectivity index (χ3n) is 2.85. The molecule has 1 aromatic rings. The van der Waals surface area contributed by atoms with Gasteiger partial charge in [-0.05, 0) is 17.7 Å². The average Bonchev–Trinajstić information content (AvgIpc) is 2.65. The summed E-state index contributed by atoms with van der Waals surface area (Å²) in [6.45, 7) is -0.311. The summed E-state index contributed by atoms with van der Waals surface area (Å²) in [6.07, 6.45) is -2.77. The molecule has 0 saturated carbocycles. The first-order valence-corrected chi connectivity index (χ1v) is 6.68. The van der Waals surface area contributed by atoms with E-state index in [4.69, 9.17) is 14.9 Å². The van der Waals surface area contributed by atoms with Gasteiger partial charge in [-0.25, -0.2) is 0 Å². The van der Waals surface area contributed by atoms with Gasteiger partial charge in [0.25, 0.3) is 0 Å². The lowest BCUT2D eigenvalue weighted by Crippen LogP contribution is -2.33. The van der Waals surface area contributed by atoms with E-state index in [0.717, 1.165) is 5.56 Å². The van der Waals surface area contributed by atoms with Gasteiger partial charge in [-0.1, -0.05) is 12.1 Å². The van der Waals surface area contributed by atoms with Crippen LogP contribution >= 0.6 is 11.8 Å². The molecule has 1 heterocycles. The average molecular weight is 272 g/mol. The second-order valence-corrected chi connectivity index (χ2v) is 5.27. The van der Waals surface area contributed by atoms with E-state index in [2.05, 4.69) is 0 Å². The number of hydrogen-bond acceptors (Lipinski definition) is 6. The van der Waals surface area contributed by atoms with Gasteiger partial charge >= 0.3 is 0 Å². The molecule has 5 nitrogen and oxygen atoms in total. The highest BCUT2D eigenvalue weighted by atomic mass is 32.2. The minimum atomic E-state index is -1.05. The highest BCUT2D eigenvalue weighted by molar-refractivity contribution is 7.99. The molecule has 1 saturated heterocycles. The van der Waals surface area contributed by atoms with Crippen molar-refractivity contribution in [3.63, 3.8) is 0 Å². The Morgan fingerprint density at radius 2 is 1.78 bits per heavy atom. The van der Waals surface area contributed by atoms with Crippen LogP contribution < -0.4 is 0 Å². The summed E-state index contributed by atoms with van der Waals surface area (Å²) in [5.41, 5.74) is 0.432. The van der Waals surface area contributed by atoms with Crippen LogP contribution in [0, 0.1) is 0 Å². The molecule has 100 valence electrons. The number of aliphatic hydroxyl groups excluding tert-OH is 3. The summed E-state index contributed by atoms with van der Waals surface area (Å²) >= 11 is 1.35. The van der Waals surface area contributed by atoms with Crippen LogP contribution in [0.25, 0.3) is 0 Å². The minimum absolute atomic E-state index is 0.205. The first kappa shape index (κ1) is 13.6. The van der Waals surface area contributed by atoms with Crippen LogP contribution in [-0.4, -0.2) is 50.8 Å². The van der Waals surface area contributed by atoms with Gasteiger partial charge in [0.15, 0.2) is 0 Å². The van der Waals surface area contributed by atoms with Crippen molar-refractivity contribution in [3.8, 4) is 5.75 Å². The maximum absolute atomic E-state index is 9.73. The third kappa shape index (κ3) is 2.96. The van der Waals surface area contributed by atoms with Gasteiger partial charge in [-0.2, -0.15) is 0 Å². The maximum atomic E-state index is 9.73. The summed E-state index contributed by atoms with van der Waals surface area (Å²) < 4.78 is 5.34. The smallest absolute Gasteiger partial charge is 0.132 e. The molecular formula is C12H16O5S. The molecule has 0 spiro atoms. The lowest BCUT2D eigenvalue weighted by atomic mass is 10.2. The van der Waals surface area contributed by atoms with E-state index >= 15 is 0 Å². The standard InChI is InChI=1S/C12H16O5S/c13-5-9-10(15)11(16)12(17-9)18-6-7-1-3-8(14)4-2-7/h1-4,9-16H,5-6H2/t9-,10-,11+,12-/m1/s1. The molecule has 1 aromatic carbocycles. The van der Waals surface area contributed by atoms with E-state index in [1.54, 1.807) is 24.3 Å². The fourth-order valence-corrected chi connectivity index (χ4v) is 2.90. The third-order valence-corrected chi connectivity index (χ3v) is 4.07. The summed E-state index contributed by atoms with van der Waals surface area (Å²) in [6, 6.07) is 6.74. The van der Waals surface area contributed by atoms with Crippen LogP contribution in [0.3, 0.4) is 0 Å². The number of benzene rings is 1. The predicted molar refractivity (Wildman–Crippen MR) is 67.2 cm³/mol. The van der Waals surface area contributed by atoms with Crippen molar-refractivity contribution in [2.45, 2.75) is 29.5 Å². The topological polar surface area (TPSA) is 90.2 Å². The molecule has 6 heteroatoms. The van der Waals surface area contributed by atoms with Crippen molar-refractivity contribution in [2.75, 3.05) is 6.61 Å². The van der Waals surface area contributed by atoms with Crippen molar-refractivity contribution in [1.82, 2.24) is 0 Å². The van der Waals surface area contributed by atoms with Gasteiger partial charge in [0.2, 0.25) is 0 Å². The monoisotopic (exact) mass is 272 g/mol. The minimum Gasteiger partial charge on any atom is -0.508 e. The van der Waals surface area contributed by atoms with Gasteiger partial charge in [-0.15, -0.1) is 11.8 Å². The van der Waals surface area contributed by atoms with Crippen molar-refractivity contribution < 1.29 is 25.2 Å². The van der Waals surface area contributed by atoms with Crippen molar-refractivity contribution in [2.24, 2.45) is 0 Å². The van der Waals surface area contributed by atoms with Crippen LogP contribution in [0.5, 0.6) is 5.75 Å². The Balaban J connectivity index is 1.89. The zero-order valence-corrected chi connectivity index (χ0v) is 10.5. The van der Waals surface area contributed by atoms with Crippen molar-refractivity contribution in [1.29, 1.82) is 0 Å². The molecule has 0 aliphatic carbocycles.